The summed E-state index contributed by atoms with van der Waals surface area (Å²) in [6.07, 6.45) is 3.20. The molecule has 1 N–H and O–H groups in total. The Morgan fingerprint density at radius 2 is 1.88 bits per heavy atom. The fourth-order valence-corrected chi connectivity index (χ4v) is 4.70. The van der Waals surface area contributed by atoms with Crippen molar-refractivity contribution >= 4 is 44.8 Å². The van der Waals surface area contributed by atoms with Crippen molar-refractivity contribution in [1.29, 1.82) is 0 Å². The molecule has 4 aromatic rings. The minimum Gasteiger partial charge on any atom is -0.290 e. The van der Waals surface area contributed by atoms with Gasteiger partial charge in [0.05, 0.1) is 17.1 Å². The van der Waals surface area contributed by atoms with E-state index >= 15 is 0 Å². The van der Waals surface area contributed by atoms with Gasteiger partial charge in [0.1, 0.15) is 0 Å². The van der Waals surface area contributed by atoms with Crippen LogP contribution in [0, 0.1) is 0 Å². The summed E-state index contributed by atoms with van der Waals surface area (Å²) in [4.78, 5) is 12.8. The van der Waals surface area contributed by atoms with E-state index in [1.165, 1.54) is 34.6 Å². The van der Waals surface area contributed by atoms with Crippen molar-refractivity contribution in [1.82, 2.24) is 14.6 Å². The van der Waals surface area contributed by atoms with Crippen LogP contribution in [-0.4, -0.2) is 35.5 Å². The fraction of sp³-hybridized carbons (Fsp3) is 0.0455. The Bertz CT molecular complexity index is 1400. The maximum atomic E-state index is 13.4. The number of sulfonamides is 1. The molecule has 0 aliphatic heterocycles. The number of amides is 1. The monoisotopic (exact) mass is 467 g/mol. The summed E-state index contributed by atoms with van der Waals surface area (Å²) in [5.74, 6) is -0.282. The number of nitrogens with one attached hydrogen (secondary N) is 1. The van der Waals surface area contributed by atoms with Crippen molar-refractivity contribution in [3.8, 4) is 0 Å². The second kappa shape index (κ2) is 8.81. The highest BCUT2D eigenvalue weighted by molar-refractivity contribution is 7.92. The van der Waals surface area contributed by atoms with Gasteiger partial charge in [-0.2, -0.15) is 0 Å². The highest BCUT2D eigenvalue weighted by Crippen LogP contribution is 2.26. The molecule has 162 valence electrons. The maximum absolute atomic E-state index is 13.4. The number of carbonyl (C=O) groups excluding carboxylic acids is 1. The summed E-state index contributed by atoms with van der Waals surface area (Å²) >= 11 is 5.93. The van der Waals surface area contributed by atoms with Crippen LogP contribution < -0.4 is 9.62 Å². The van der Waals surface area contributed by atoms with Crippen molar-refractivity contribution in [2.75, 3.05) is 16.2 Å². The van der Waals surface area contributed by atoms with Crippen LogP contribution in [0.1, 0.15) is 10.4 Å². The van der Waals surface area contributed by atoms with Crippen LogP contribution in [0.15, 0.2) is 90.5 Å². The van der Waals surface area contributed by atoms with Crippen LogP contribution in [0.25, 0.3) is 5.65 Å². The van der Waals surface area contributed by atoms with Gasteiger partial charge in [-0.05, 0) is 54.6 Å². The summed E-state index contributed by atoms with van der Waals surface area (Å²) in [5.41, 5.74) is 1.16. The smallest absolute Gasteiger partial charge is 0.264 e. The molecule has 8 nitrogen and oxygen atoms in total. The SMILES string of the molecule is C=CCN(c1ccc(Cl)cc1)S(=O)(=O)c1cccc(C(=O)Nc2nnc3ccccn23)c1. The first kappa shape index (κ1) is 21.5. The number of hydrogen-bond acceptors (Lipinski definition) is 5. The minimum absolute atomic E-state index is 0.0342. The number of hydrogen-bond donors (Lipinski definition) is 1. The molecule has 2 aromatic heterocycles. The van der Waals surface area contributed by atoms with Crippen LogP contribution >= 0.6 is 11.6 Å². The van der Waals surface area contributed by atoms with Gasteiger partial charge in [0.2, 0.25) is 5.95 Å². The van der Waals surface area contributed by atoms with Crippen LogP contribution in [-0.2, 0) is 10.0 Å². The van der Waals surface area contributed by atoms with E-state index in [-0.39, 0.29) is 23.0 Å². The van der Waals surface area contributed by atoms with Gasteiger partial charge in [0.25, 0.3) is 15.9 Å². The summed E-state index contributed by atoms with van der Waals surface area (Å²) in [5, 5.41) is 11.1. The van der Waals surface area contributed by atoms with E-state index in [1.807, 2.05) is 0 Å². The topological polar surface area (TPSA) is 96.7 Å². The molecule has 2 heterocycles. The average Bonchev–Trinajstić information content (AvgIpc) is 3.21. The van der Waals surface area contributed by atoms with Gasteiger partial charge < -0.3 is 0 Å². The molecular weight excluding hydrogens is 450 g/mol. The number of aromatic nitrogens is 3. The number of anilines is 2. The van der Waals surface area contributed by atoms with E-state index in [2.05, 4.69) is 22.1 Å². The van der Waals surface area contributed by atoms with E-state index in [1.54, 1.807) is 53.1 Å². The Morgan fingerprint density at radius 3 is 2.62 bits per heavy atom. The second-order valence-corrected chi connectivity index (χ2v) is 9.03. The molecular formula is C22H18ClN5O3S. The molecule has 0 saturated heterocycles. The molecule has 2 aromatic carbocycles. The Balaban J connectivity index is 1.65. The molecule has 0 bridgehead atoms. The highest BCUT2D eigenvalue weighted by atomic mass is 35.5. The summed E-state index contributed by atoms with van der Waals surface area (Å²) < 4.78 is 29.5. The quantitative estimate of drug-likeness (QED) is 0.414. The Kier molecular flexibility index (Phi) is 5.93. The van der Waals surface area contributed by atoms with Gasteiger partial charge in [-0.15, -0.1) is 16.8 Å². The lowest BCUT2D eigenvalue weighted by molar-refractivity contribution is 0.102. The fourth-order valence-electron chi connectivity index (χ4n) is 3.09. The van der Waals surface area contributed by atoms with Gasteiger partial charge in [0.15, 0.2) is 5.65 Å². The number of halogens is 1. The highest BCUT2D eigenvalue weighted by Gasteiger charge is 2.25. The standard InChI is InChI=1S/C22H18ClN5O3S/c1-2-13-28(18-11-9-17(23)10-12-18)32(30,31)19-7-5-6-16(15-19)21(29)24-22-26-25-20-8-3-4-14-27(20)22/h2-12,14-15H,1,13H2,(H,24,26,29). The molecule has 1 amide bonds. The lowest BCUT2D eigenvalue weighted by Crippen LogP contribution is -2.31. The second-order valence-electron chi connectivity index (χ2n) is 6.74. The molecule has 32 heavy (non-hydrogen) atoms. The Hall–Kier alpha value is -3.69. The molecule has 0 saturated carbocycles. The average molecular weight is 468 g/mol. The molecule has 0 spiro atoms. The zero-order chi connectivity index (χ0) is 22.7. The van der Waals surface area contributed by atoms with E-state index in [4.69, 9.17) is 11.6 Å². The molecule has 10 heteroatoms. The molecule has 0 aliphatic carbocycles. The van der Waals surface area contributed by atoms with E-state index in [0.29, 0.717) is 16.4 Å². The molecule has 0 aliphatic rings. The first-order valence-corrected chi connectivity index (χ1v) is 11.3. The molecule has 0 unspecified atom stereocenters. The van der Waals surface area contributed by atoms with Gasteiger partial charge in [-0.1, -0.05) is 29.8 Å². The Labute approximate surface area is 189 Å². The number of rotatable bonds is 7. The van der Waals surface area contributed by atoms with Crippen molar-refractivity contribution in [3.63, 3.8) is 0 Å². The van der Waals surface area contributed by atoms with Crippen LogP contribution in [0.5, 0.6) is 0 Å². The molecule has 0 atom stereocenters. The van der Waals surface area contributed by atoms with Crippen LogP contribution in [0.2, 0.25) is 5.02 Å². The largest absolute Gasteiger partial charge is 0.290 e. The van der Waals surface area contributed by atoms with Crippen molar-refractivity contribution in [2.24, 2.45) is 0 Å². The predicted molar refractivity (Wildman–Crippen MR) is 124 cm³/mol. The van der Waals surface area contributed by atoms with Gasteiger partial charge in [0, 0.05) is 16.8 Å². The number of benzene rings is 2. The molecule has 4 rings (SSSR count). The van der Waals surface area contributed by atoms with E-state index in [9.17, 15) is 13.2 Å². The number of carbonyl (C=O) groups is 1. The lowest BCUT2D eigenvalue weighted by atomic mass is 10.2. The van der Waals surface area contributed by atoms with Crippen molar-refractivity contribution < 1.29 is 13.2 Å². The predicted octanol–water partition coefficient (Wildman–Crippen LogP) is 4.02. The number of pyridine rings is 1. The van der Waals surface area contributed by atoms with Crippen molar-refractivity contribution in [3.05, 3.63) is 96.2 Å². The van der Waals surface area contributed by atoms with Crippen LogP contribution in [0.4, 0.5) is 11.6 Å². The third-order valence-electron chi connectivity index (χ3n) is 4.63. The first-order valence-electron chi connectivity index (χ1n) is 9.50. The maximum Gasteiger partial charge on any atom is 0.264 e. The number of nitrogens with zero attached hydrogens (tertiary/aromatic N) is 4. The van der Waals surface area contributed by atoms with E-state index < -0.39 is 15.9 Å². The van der Waals surface area contributed by atoms with Gasteiger partial charge in [-0.25, -0.2) is 8.42 Å². The van der Waals surface area contributed by atoms with Crippen LogP contribution in [0.3, 0.4) is 0 Å². The minimum atomic E-state index is -3.98. The molecule has 0 radical (unpaired) electrons. The molecule has 0 fully saturated rings. The summed E-state index contributed by atoms with van der Waals surface area (Å²) in [7, 11) is -3.98. The third kappa shape index (κ3) is 4.20. The zero-order valence-corrected chi connectivity index (χ0v) is 18.3. The lowest BCUT2D eigenvalue weighted by Gasteiger charge is -2.23. The normalized spacial score (nSPS) is 11.3. The summed E-state index contributed by atoms with van der Waals surface area (Å²) in [6, 6.07) is 17.6. The summed E-state index contributed by atoms with van der Waals surface area (Å²) in [6.45, 7) is 3.70. The Morgan fingerprint density at radius 1 is 1.09 bits per heavy atom. The zero-order valence-electron chi connectivity index (χ0n) is 16.7. The van der Waals surface area contributed by atoms with Crippen molar-refractivity contribution in [2.45, 2.75) is 4.90 Å². The van der Waals surface area contributed by atoms with E-state index in [0.717, 1.165) is 0 Å². The first-order chi connectivity index (χ1) is 15.4. The van der Waals surface area contributed by atoms with Gasteiger partial charge >= 0.3 is 0 Å². The van der Waals surface area contributed by atoms with Gasteiger partial charge in [-0.3, -0.25) is 18.8 Å². The number of fused-ring (bicyclic) bond motifs is 1. The third-order valence-corrected chi connectivity index (χ3v) is 6.67.